The minimum atomic E-state index is -0.536. The average Bonchev–Trinajstić information content (AvgIpc) is 3.08. The minimum absolute atomic E-state index is 0.0602. The molecule has 1 heterocycles. The second-order valence-electron chi connectivity index (χ2n) is 5.99. The normalized spacial score (nSPS) is 15.8. The van der Waals surface area contributed by atoms with Gasteiger partial charge < -0.3 is 16.4 Å². The molecular formula is C14H23N5O2. The van der Waals surface area contributed by atoms with Gasteiger partial charge in [-0.3, -0.25) is 14.3 Å². The molecule has 1 saturated carbocycles. The lowest BCUT2D eigenvalue weighted by Gasteiger charge is -2.13. The van der Waals surface area contributed by atoms with Crippen molar-refractivity contribution in [1.29, 1.82) is 0 Å². The lowest BCUT2D eigenvalue weighted by Crippen LogP contribution is -2.36. The van der Waals surface area contributed by atoms with Gasteiger partial charge in [0.25, 0.3) is 0 Å². The molecule has 1 atom stereocenters. The first-order valence-electron chi connectivity index (χ1n) is 7.32. The van der Waals surface area contributed by atoms with Crippen molar-refractivity contribution in [2.45, 2.75) is 51.7 Å². The third-order valence-corrected chi connectivity index (χ3v) is 3.21. The maximum atomic E-state index is 11.9. The predicted molar refractivity (Wildman–Crippen MR) is 79.5 cm³/mol. The lowest BCUT2D eigenvalue weighted by molar-refractivity contribution is -0.122. The zero-order valence-corrected chi connectivity index (χ0v) is 12.5. The zero-order valence-electron chi connectivity index (χ0n) is 12.5. The highest BCUT2D eigenvalue weighted by atomic mass is 16.2. The highest BCUT2D eigenvalue weighted by Gasteiger charge is 2.23. The molecule has 0 bridgehead atoms. The third kappa shape index (κ3) is 5.18. The van der Waals surface area contributed by atoms with Gasteiger partial charge in [-0.1, -0.05) is 13.8 Å². The summed E-state index contributed by atoms with van der Waals surface area (Å²) in [6.45, 7) is 4.19. The molecule has 0 aromatic carbocycles. The fraction of sp³-hybridized carbons (Fsp3) is 0.643. The molecule has 4 N–H and O–H groups in total. The lowest BCUT2D eigenvalue weighted by atomic mass is 10.0. The molecule has 0 unspecified atom stereocenters. The van der Waals surface area contributed by atoms with Crippen molar-refractivity contribution < 1.29 is 9.59 Å². The van der Waals surface area contributed by atoms with Crippen molar-refractivity contribution in [2.75, 3.05) is 5.32 Å². The molecule has 1 aliphatic rings. The largest absolute Gasteiger partial charge is 0.352 e. The number of nitrogens with one attached hydrogen (secondary N) is 2. The van der Waals surface area contributed by atoms with E-state index in [9.17, 15) is 9.59 Å². The molecule has 0 saturated heterocycles. The SMILES string of the molecule is CC(C)C[C@@H](N)C(=O)Nc1cnn(CC(=O)NC2CC2)c1. The Kier molecular flexibility index (Phi) is 4.95. The Morgan fingerprint density at radius 2 is 2.19 bits per heavy atom. The summed E-state index contributed by atoms with van der Waals surface area (Å²) in [4.78, 5) is 23.5. The van der Waals surface area contributed by atoms with E-state index in [2.05, 4.69) is 15.7 Å². The molecule has 1 aromatic heterocycles. The first-order chi connectivity index (χ1) is 9.94. The maximum Gasteiger partial charge on any atom is 0.241 e. The van der Waals surface area contributed by atoms with Crippen LogP contribution in [0.5, 0.6) is 0 Å². The monoisotopic (exact) mass is 293 g/mol. The van der Waals surface area contributed by atoms with Crippen molar-refractivity contribution >= 4 is 17.5 Å². The van der Waals surface area contributed by atoms with Crippen LogP contribution in [-0.2, 0) is 16.1 Å². The maximum absolute atomic E-state index is 11.9. The number of nitrogens with zero attached hydrogens (tertiary/aromatic N) is 2. The van der Waals surface area contributed by atoms with Crippen LogP contribution in [0, 0.1) is 5.92 Å². The van der Waals surface area contributed by atoms with E-state index in [1.807, 2.05) is 13.8 Å². The van der Waals surface area contributed by atoms with Crippen LogP contribution in [0.4, 0.5) is 5.69 Å². The fourth-order valence-corrected chi connectivity index (χ4v) is 2.01. The summed E-state index contributed by atoms with van der Waals surface area (Å²) in [6, 6.07) is -0.201. The summed E-state index contributed by atoms with van der Waals surface area (Å²) in [5.74, 6) is 0.0697. The quantitative estimate of drug-likeness (QED) is 0.680. The molecule has 1 aliphatic carbocycles. The van der Waals surface area contributed by atoms with E-state index in [4.69, 9.17) is 5.73 Å². The molecule has 116 valence electrons. The predicted octanol–water partition coefficient (Wildman–Crippen LogP) is 0.474. The van der Waals surface area contributed by atoms with Gasteiger partial charge in [0.1, 0.15) is 6.54 Å². The van der Waals surface area contributed by atoms with Crippen LogP contribution in [0.2, 0.25) is 0 Å². The highest BCUT2D eigenvalue weighted by molar-refractivity contribution is 5.94. The number of hydrogen-bond acceptors (Lipinski definition) is 4. The van der Waals surface area contributed by atoms with Gasteiger partial charge in [0, 0.05) is 12.2 Å². The van der Waals surface area contributed by atoms with E-state index in [1.165, 1.54) is 10.9 Å². The molecular weight excluding hydrogens is 270 g/mol. The van der Waals surface area contributed by atoms with Gasteiger partial charge in [0.2, 0.25) is 11.8 Å². The Bertz CT molecular complexity index is 507. The summed E-state index contributed by atoms with van der Waals surface area (Å²) in [6.07, 6.45) is 5.89. The Morgan fingerprint density at radius 1 is 1.48 bits per heavy atom. The number of hydrogen-bond donors (Lipinski definition) is 3. The molecule has 0 aliphatic heterocycles. The first-order valence-corrected chi connectivity index (χ1v) is 7.32. The van der Waals surface area contributed by atoms with Gasteiger partial charge in [-0.2, -0.15) is 5.10 Å². The molecule has 7 heteroatoms. The van der Waals surface area contributed by atoms with Gasteiger partial charge in [0.15, 0.2) is 0 Å². The molecule has 0 spiro atoms. The van der Waals surface area contributed by atoms with Crippen LogP contribution in [0.15, 0.2) is 12.4 Å². The van der Waals surface area contributed by atoms with E-state index in [0.29, 0.717) is 24.1 Å². The average molecular weight is 293 g/mol. The third-order valence-electron chi connectivity index (χ3n) is 3.21. The number of anilines is 1. The van der Waals surface area contributed by atoms with Crippen molar-refractivity contribution in [3.8, 4) is 0 Å². The van der Waals surface area contributed by atoms with Crippen molar-refractivity contribution in [1.82, 2.24) is 15.1 Å². The standard InChI is InChI=1S/C14H23N5O2/c1-9(2)5-12(15)14(21)18-11-6-16-19(7-11)8-13(20)17-10-3-4-10/h6-7,9-10,12H,3-5,8,15H2,1-2H3,(H,17,20)(H,18,21)/t12-/m1/s1. The Balaban J connectivity index is 1.81. The van der Waals surface area contributed by atoms with Crippen molar-refractivity contribution in [2.24, 2.45) is 11.7 Å². The van der Waals surface area contributed by atoms with Gasteiger partial charge >= 0.3 is 0 Å². The Hall–Kier alpha value is -1.89. The number of nitrogens with two attached hydrogens (primary N) is 1. The summed E-state index contributed by atoms with van der Waals surface area (Å²) >= 11 is 0. The fourth-order valence-electron chi connectivity index (χ4n) is 2.01. The zero-order chi connectivity index (χ0) is 15.4. The van der Waals surface area contributed by atoms with Gasteiger partial charge in [-0.15, -0.1) is 0 Å². The van der Waals surface area contributed by atoms with Crippen LogP contribution in [-0.4, -0.2) is 33.7 Å². The van der Waals surface area contributed by atoms with Crippen molar-refractivity contribution in [3.63, 3.8) is 0 Å². The summed E-state index contributed by atoms with van der Waals surface area (Å²) < 4.78 is 1.50. The molecule has 0 radical (unpaired) electrons. The molecule has 1 aromatic rings. The molecule has 2 amide bonds. The van der Waals surface area contributed by atoms with E-state index >= 15 is 0 Å². The highest BCUT2D eigenvalue weighted by Crippen LogP contribution is 2.18. The van der Waals surface area contributed by atoms with E-state index < -0.39 is 6.04 Å². The van der Waals surface area contributed by atoms with E-state index in [0.717, 1.165) is 12.8 Å². The summed E-state index contributed by atoms with van der Waals surface area (Å²) in [5.41, 5.74) is 6.37. The number of carbonyl (C=O) groups is 2. The van der Waals surface area contributed by atoms with Crippen LogP contribution in [0.3, 0.4) is 0 Å². The molecule has 21 heavy (non-hydrogen) atoms. The van der Waals surface area contributed by atoms with Gasteiger partial charge in [-0.05, 0) is 25.2 Å². The number of aromatic nitrogens is 2. The summed E-state index contributed by atoms with van der Waals surface area (Å²) in [5, 5.41) is 9.66. The molecule has 1 fully saturated rings. The van der Waals surface area contributed by atoms with Crippen LogP contribution in [0.25, 0.3) is 0 Å². The molecule has 7 nitrogen and oxygen atoms in total. The number of amides is 2. The topological polar surface area (TPSA) is 102 Å². The smallest absolute Gasteiger partial charge is 0.241 e. The van der Waals surface area contributed by atoms with Crippen LogP contribution in [0.1, 0.15) is 33.1 Å². The Morgan fingerprint density at radius 3 is 2.81 bits per heavy atom. The van der Waals surface area contributed by atoms with E-state index in [1.54, 1.807) is 6.20 Å². The number of rotatable bonds is 7. The van der Waals surface area contributed by atoms with Crippen LogP contribution < -0.4 is 16.4 Å². The molecule has 2 rings (SSSR count). The number of carbonyl (C=O) groups excluding carboxylic acids is 2. The second-order valence-corrected chi connectivity index (χ2v) is 5.99. The Labute approximate surface area is 124 Å². The van der Waals surface area contributed by atoms with Crippen LogP contribution >= 0.6 is 0 Å². The van der Waals surface area contributed by atoms with E-state index in [-0.39, 0.29) is 18.4 Å². The first kappa shape index (κ1) is 15.5. The van der Waals surface area contributed by atoms with Crippen molar-refractivity contribution in [3.05, 3.63) is 12.4 Å². The van der Waals surface area contributed by atoms with Gasteiger partial charge in [0.05, 0.1) is 17.9 Å². The summed E-state index contributed by atoms with van der Waals surface area (Å²) in [7, 11) is 0. The minimum Gasteiger partial charge on any atom is -0.352 e. The van der Waals surface area contributed by atoms with Gasteiger partial charge in [-0.25, -0.2) is 0 Å². The second kappa shape index (κ2) is 6.71.